The predicted octanol–water partition coefficient (Wildman–Crippen LogP) is 5.24. The largest absolute Gasteiger partial charge is 0.481 e. The highest BCUT2D eigenvalue weighted by Crippen LogP contribution is 2.17. The van der Waals surface area contributed by atoms with Crippen molar-refractivity contribution in [1.29, 1.82) is 0 Å². The van der Waals surface area contributed by atoms with Crippen LogP contribution in [0.2, 0.25) is 0 Å². The molecule has 38 heavy (non-hydrogen) atoms. The molecule has 0 aromatic rings. The first-order chi connectivity index (χ1) is 17.9. The van der Waals surface area contributed by atoms with Gasteiger partial charge in [0, 0.05) is 5.41 Å². The number of aliphatic hydroxyl groups excluding tert-OH is 2. The summed E-state index contributed by atoms with van der Waals surface area (Å²) in [4.78, 5) is 33.3. The first kappa shape index (κ1) is 38.2. The number of allylic oxidation sites excluding steroid dienone is 2. The third-order valence-electron chi connectivity index (χ3n) is 6.05. The van der Waals surface area contributed by atoms with Gasteiger partial charge in [-0.3, -0.25) is 9.59 Å². The number of ether oxygens (including phenoxy) is 1. The normalized spacial score (nSPS) is 13.0. The Morgan fingerprint density at radius 2 is 1.16 bits per heavy atom. The van der Waals surface area contributed by atoms with Crippen LogP contribution in [0.3, 0.4) is 0 Å². The van der Waals surface area contributed by atoms with Gasteiger partial charge in [0.1, 0.15) is 0 Å². The van der Waals surface area contributed by atoms with E-state index in [9.17, 15) is 19.5 Å². The first-order valence-corrected chi connectivity index (χ1v) is 14.1. The van der Waals surface area contributed by atoms with Crippen molar-refractivity contribution >= 4 is 17.9 Å². The molecule has 1 unspecified atom stereocenters. The molecule has 0 heterocycles. The zero-order chi connectivity index (χ0) is 29.3. The average Bonchev–Trinajstić information content (AvgIpc) is 2.85. The van der Waals surface area contributed by atoms with Gasteiger partial charge in [0.2, 0.25) is 0 Å². The monoisotopic (exact) mass is 546 g/mol. The summed E-state index contributed by atoms with van der Waals surface area (Å²) < 4.78 is 4.92. The Labute approximate surface area is 229 Å². The molecule has 0 saturated carbocycles. The molecule has 0 aliphatic heterocycles. The number of carbonyl (C=O) groups is 3. The number of carbonyl (C=O) groups excluding carboxylic acids is 1. The van der Waals surface area contributed by atoms with Crippen molar-refractivity contribution in [1.82, 2.24) is 0 Å². The zero-order valence-electron chi connectivity index (χ0n) is 24.0. The first-order valence-electron chi connectivity index (χ1n) is 14.1. The maximum atomic E-state index is 11.7. The molecule has 0 aromatic carbocycles. The fraction of sp³-hybridized carbons (Fsp3) is 0.828. The molecule has 9 nitrogen and oxygen atoms in total. The molecule has 1 atom stereocenters. The van der Waals surface area contributed by atoms with E-state index in [1.807, 2.05) is 0 Å². The maximum Gasteiger partial charge on any atom is 0.336 e. The second kappa shape index (κ2) is 24.1. The van der Waals surface area contributed by atoms with E-state index in [-0.39, 0.29) is 25.2 Å². The van der Waals surface area contributed by atoms with E-state index >= 15 is 0 Å². The summed E-state index contributed by atoms with van der Waals surface area (Å²) in [7, 11) is 0. The molecular formula is C29H54O9. The number of esters is 1. The van der Waals surface area contributed by atoms with Gasteiger partial charge in [-0.05, 0) is 32.1 Å². The van der Waals surface area contributed by atoms with Gasteiger partial charge in [0.05, 0.1) is 32.7 Å². The third-order valence-corrected chi connectivity index (χ3v) is 6.05. The highest BCUT2D eigenvalue weighted by molar-refractivity contribution is 5.88. The lowest BCUT2D eigenvalue weighted by atomic mass is 9.96. The van der Waals surface area contributed by atoms with E-state index in [1.54, 1.807) is 13.8 Å². The highest BCUT2D eigenvalue weighted by atomic mass is 16.5. The fourth-order valence-corrected chi connectivity index (χ4v) is 3.34. The van der Waals surface area contributed by atoms with Gasteiger partial charge in [-0.25, -0.2) is 4.79 Å². The molecule has 0 radical (unpaired) electrons. The molecule has 224 valence electrons. The Bertz CT molecular complexity index is 640. The van der Waals surface area contributed by atoms with E-state index in [0.29, 0.717) is 6.42 Å². The summed E-state index contributed by atoms with van der Waals surface area (Å²) in [5, 5.41) is 44.2. The Balaban J connectivity index is 0. The zero-order valence-corrected chi connectivity index (χ0v) is 24.0. The molecule has 0 amide bonds. The van der Waals surface area contributed by atoms with Crippen LogP contribution in [0.1, 0.15) is 124 Å². The van der Waals surface area contributed by atoms with Crippen molar-refractivity contribution in [3.63, 3.8) is 0 Å². The van der Waals surface area contributed by atoms with Crippen LogP contribution in [0.25, 0.3) is 0 Å². The minimum absolute atomic E-state index is 0.0451. The molecule has 0 spiro atoms. The van der Waals surface area contributed by atoms with Crippen molar-refractivity contribution in [3.8, 4) is 0 Å². The third kappa shape index (κ3) is 24.4. The molecule has 0 saturated heterocycles. The lowest BCUT2D eigenvalue weighted by Gasteiger charge is -2.20. The molecule has 0 aliphatic rings. The summed E-state index contributed by atoms with van der Waals surface area (Å²) in [6.07, 6.45) is 19.0. The quantitative estimate of drug-likeness (QED) is 0.0655. The van der Waals surface area contributed by atoms with E-state index in [1.165, 1.54) is 57.8 Å². The Hall–Kier alpha value is -1.97. The van der Waals surface area contributed by atoms with Crippen LogP contribution in [-0.2, 0) is 19.1 Å². The number of hydrogen-bond acceptors (Lipinski definition) is 7. The molecule has 0 aromatic heterocycles. The fourth-order valence-electron chi connectivity index (χ4n) is 3.34. The number of carboxylic acid groups (broad SMARTS) is 2. The van der Waals surface area contributed by atoms with Crippen molar-refractivity contribution in [2.24, 2.45) is 5.41 Å². The molecule has 9 heteroatoms. The predicted molar refractivity (Wildman–Crippen MR) is 148 cm³/mol. The SMILES string of the molecule is CC(C)(CO)CO.CCCCCCCC/C=C\CCCCCCCCOC(=O)CC(O)(CC(=O)O)C(=O)O. The van der Waals surface area contributed by atoms with Crippen molar-refractivity contribution < 1.29 is 44.7 Å². The minimum Gasteiger partial charge on any atom is -0.481 e. The standard InChI is InChI=1S/C24H42O7.C5H12O2/c1-2-3-4-5-6-7-8-9-10-11-12-13-14-15-16-17-18-31-22(27)20-24(30,23(28)29)19-21(25)26;1-5(2,3-6)4-7/h9-10,30H,2-8,11-20H2,1H3,(H,25,26)(H,28,29);6-7H,3-4H2,1-2H3/b10-9-;. The van der Waals surface area contributed by atoms with Crippen LogP contribution < -0.4 is 0 Å². The van der Waals surface area contributed by atoms with Gasteiger partial charge in [-0.2, -0.15) is 0 Å². The van der Waals surface area contributed by atoms with E-state index < -0.39 is 36.4 Å². The second-order valence-electron chi connectivity index (χ2n) is 10.7. The molecular weight excluding hydrogens is 492 g/mol. The van der Waals surface area contributed by atoms with Crippen LogP contribution >= 0.6 is 0 Å². The summed E-state index contributed by atoms with van der Waals surface area (Å²) >= 11 is 0. The number of hydrogen-bond donors (Lipinski definition) is 5. The molecule has 0 bridgehead atoms. The second-order valence-corrected chi connectivity index (χ2v) is 10.7. The van der Waals surface area contributed by atoms with Crippen molar-refractivity contribution in [2.45, 2.75) is 129 Å². The maximum absolute atomic E-state index is 11.7. The summed E-state index contributed by atoms with van der Waals surface area (Å²) in [6, 6.07) is 0. The van der Waals surface area contributed by atoms with Crippen molar-refractivity contribution in [3.05, 3.63) is 12.2 Å². The van der Waals surface area contributed by atoms with Crippen LogP contribution in [0.4, 0.5) is 0 Å². The van der Waals surface area contributed by atoms with Crippen LogP contribution in [0.5, 0.6) is 0 Å². The smallest absolute Gasteiger partial charge is 0.336 e. The minimum atomic E-state index is -2.63. The summed E-state index contributed by atoms with van der Waals surface area (Å²) in [5.74, 6) is -4.14. The Morgan fingerprint density at radius 1 is 0.711 bits per heavy atom. The van der Waals surface area contributed by atoms with E-state index in [2.05, 4.69) is 19.1 Å². The topological polar surface area (TPSA) is 162 Å². The molecule has 5 N–H and O–H groups in total. The number of carboxylic acids is 2. The van der Waals surface area contributed by atoms with E-state index in [4.69, 9.17) is 25.2 Å². The van der Waals surface area contributed by atoms with Gasteiger partial charge in [0.25, 0.3) is 0 Å². The molecule has 0 fully saturated rings. The number of unbranched alkanes of at least 4 members (excludes halogenated alkanes) is 12. The Morgan fingerprint density at radius 3 is 1.55 bits per heavy atom. The average molecular weight is 547 g/mol. The molecule has 0 rings (SSSR count). The van der Waals surface area contributed by atoms with Crippen LogP contribution in [-0.4, -0.2) is 68.9 Å². The summed E-state index contributed by atoms with van der Waals surface area (Å²) in [6.45, 7) is 6.07. The van der Waals surface area contributed by atoms with Crippen molar-refractivity contribution in [2.75, 3.05) is 19.8 Å². The van der Waals surface area contributed by atoms with Gasteiger partial charge in [-0.1, -0.05) is 90.7 Å². The van der Waals surface area contributed by atoms with Gasteiger partial charge in [0.15, 0.2) is 5.60 Å². The number of rotatable bonds is 23. The van der Waals surface area contributed by atoms with Gasteiger partial charge >= 0.3 is 17.9 Å². The lowest BCUT2D eigenvalue weighted by molar-refractivity contribution is -0.172. The lowest BCUT2D eigenvalue weighted by Crippen LogP contribution is -2.43. The number of aliphatic carboxylic acids is 2. The summed E-state index contributed by atoms with van der Waals surface area (Å²) in [5.41, 5.74) is -2.94. The van der Waals surface area contributed by atoms with Gasteiger partial charge in [-0.15, -0.1) is 0 Å². The van der Waals surface area contributed by atoms with E-state index in [0.717, 1.165) is 25.7 Å². The highest BCUT2D eigenvalue weighted by Gasteiger charge is 2.41. The van der Waals surface area contributed by atoms with Crippen LogP contribution in [0.15, 0.2) is 12.2 Å². The molecule has 0 aliphatic carbocycles. The van der Waals surface area contributed by atoms with Crippen LogP contribution in [0, 0.1) is 5.41 Å². The Kier molecular flexibility index (Phi) is 24.2. The van der Waals surface area contributed by atoms with Gasteiger partial charge < -0.3 is 30.3 Å². The number of aliphatic hydroxyl groups is 3.